The van der Waals surface area contributed by atoms with E-state index in [1.54, 1.807) is 0 Å². The lowest BCUT2D eigenvalue weighted by Crippen LogP contribution is -2.39. The topological polar surface area (TPSA) is 25.2 Å². The second kappa shape index (κ2) is 3.96. The Labute approximate surface area is 96.0 Å². The van der Waals surface area contributed by atoms with Crippen LogP contribution in [0.15, 0.2) is 24.5 Å². The van der Waals surface area contributed by atoms with Crippen molar-refractivity contribution in [2.24, 2.45) is 5.92 Å². The van der Waals surface area contributed by atoms with Crippen LogP contribution in [0, 0.1) is 5.92 Å². The first kappa shape index (κ1) is 9.94. The molecule has 2 fully saturated rings. The summed E-state index contributed by atoms with van der Waals surface area (Å²) >= 11 is 0. The van der Waals surface area contributed by atoms with Crippen molar-refractivity contribution >= 4 is 5.91 Å². The second-order valence-electron chi connectivity index (χ2n) is 4.96. The molecule has 16 heavy (non-hydrogen) atoms. The third-order valence-electron chi connectivity index (χ3n) is 3.75. The van der Waals surface area contributed by atoms with Gasteiger partial charge in [0.1, 0.15) is 0 Å². The number of rotatable bonds is 2. The Morgan fingerprint density at radius 1 is 1.00 bits per heavy atom. The monoisotopic (exact) mass is 218 g/mol. The van der Waals surface area contributed by atoms with Crippen molar-refractivity contribution in [3.8, 4) is 0 Å². The summed E-state index contributed by atoms with van der Waals surface area (Å²) in [6, 6.07) is 4.74. The van der Waals surface area contributed by atoms with E-state index in [4.69, 9.17) is 0 Å². The summed E-state index contributed by atoms with van der Waals surface area (Å²) in [7, 11) is 0. The molecule has 1 saturated heterocycles. The summed E-state index contributed by atoms with van der Waals surface area (Å²) in [5.41, 5.74) is 0. The quantitative estimate of drug-likeness (QED) is 0.746. The fourth-order valence-corrected chi connectivity index (χ4v) is 2.56. The number of nitrogens with zero attached hydrogens (tertiary/aromatic N) is 2. The molecule has 3 nitrogen and oxygen atoms in total. The molecular weight excluding hydrogens is 200 g/mol. The Morgan fingerprint density at radius 3 is 2.19 bits per heavy atom. The number of hydrogen-bond donors (Lipinski definition) is 0. The molecule has 0 unspecified atom stereocenters. The molecule has 1 aliphatic heterocycles. The van der Waals surface area contributed by atoms with Crippen molar-refractivity contribution in [1.82, 2.24) is 9.47 Å². The zero-order valence-corrected chi connectivity index (χ0v) is 9.51. The van der Waals surface area contributed by atoms with E-state index in [9.17, 15) is 4.79 Å². The molecule has 2 aliphatic rings. The van der Waals surface area contributed by atoms with E-state index >= 15 is 0 Å². The molecular formula is C13H18N2O. The Kier molecular flexibility index (Phi) is 2.46. The molecule has 3 rings (SSSR count). The summed E-state index contributed by atoms with van der Waals surface area (Å²) in [6.45, 7) is 1.89. The maximum absolute atomic E-state index is 11.9. The number of likely N-dealkylation sites (tertiary alicyclic amines) is 1. The van der Waals surface area contributed by atoms with Gasteiger partial charge in [0.25, 0.3) is 0 Å². The predicted molar refractivity (Wildman–Crippen MR) is 62.0 cm³/mol. The maximum Gasteiger partial charge on any atom is 0.225 e. The minimum Gasteiger partial charge on any atom is -0.351 e. The normalized spacial score (nSPS) is 22.4. The minimum absolute atomic E-state index is 0.378. The molecule has 1 saturated carbocycles. The highest BCUT2D eigenvalue weighted by Gasteiger charge is 2.34. The van der Waals surface area contributed by atoms with E-state index in [2.05, 4.69) is 34.0 Å². The summed E-state index contributed by atoms with van der Waals surface area (Å²) in [4.78, 5) is 13.9. The highest BCUT2D eigenvalue weighted by Crippen LogP contribution is 2.33. The van der Waals surface area contributed by atoms with E-state index in [0.29, 0.717) is 17.9 Å². The van der Waals surface area contributed by atoms with Gasteiger partial charge in [-0.15, -0.1) is 0 Å². The predicted octanol–water partition coefficient (Wildman–Crippen LogP) is 2.06. The summed E-state index contributed by atoms with van der Waals surface area (Å²) < 4.78 is 2.28. The number of aromatic nitrogens is 1. The van der Waals surface area contributed by atoms with Crippen molar-refractivity contribution in [2.75, 3.05) is 13.1 Å². The molecule has 3 heteroatoms. The molecule has 1 aromatic rings. The van der Waals surface area contributed by atoms with Gasteiger partial charge in [0, 0.05) is 37.4 Å². The van der Waals surface area contributed by atoms with E-state index < -0.39 is 0 Å². The number of carbonyl (C=O) groups excluding carboxylic acids is 1. The SMILES string of the molecule is O=C(C1CC1)N1CCC(n2cccc2)CC1. The van der Waals surface area contributed by atoms with E-state index in [1.165, 1.54) is 0 Å². The Hall–Kier alpha value is -1.25. The van der Waals surface area contributed by atoms with Gasteiger partial charge in [-0.2, -0.15) is 0 Å². The zero-order valence-electron chi connectivity index (χ0n) is 9.51. The Bertz CT molecular complexity index is 359. The summed E-state index contributed by atoms with van der Waals surface area (Å²) in [5, 5.41) is 0. The third-order valence-corrected chi connectivity index (χ3v) is 3.75. The van der Waals surface area contributed by atoms with Gasteiger partial charge >= 0.3 is 0 Å². The van der Waals surface area contributed by atoms with Crippen LogP contribution < -0.4 is 0 Å². The van der Waals surface area contributed by atoms with Crippen LogP contribution in [0.1, 0.15) is 31.7 Å². The van der Waals surface area contributed by atoms with Gasteiger partial charge in [-0.3, -0.25) is 4.79 Å². The van der Waals surface area contributed by atoms with Crippen LogP contribution in [0.4, 0.5) is 0 Å². The molecule has 1 amide bonds. The van der Waals surface area contributed by atoms with Crippen LogP contribution in [0.2, 0.25) is 0 Å². The smallest absolute Gasteiger partial charge is 0.225 e. The zero-order chi connectivity index (χ0) is 11.0. The van der Waals surface area contributed by atoms with Crippen molar-refractivity contribution in [3.05, 3.63) is 24.5 Å². The molecule has 1 aliphatic carbocycles. The first-order valence-electron chi connectivity index (χ1n) is 6.26. The van der Waals surface area contributed by atoms with Gasteiger partial charge in [0.2, 0.25) is 5.91 Å². The van der Waals surface area contributed by atoms with E-state index in [1.807, 2.05) is 0 Å². The Morgan fingerprint density at radius 2 is 1.62 bits per heavy atom. The largest absolute Gasteiger partial charge is 0.351 e. The van der Waals surface area contributed by atoms with Crippen LogP contribution in [0.3, 0.4) is 0 Å². The summed E-state index contributed by atoms with van der Waals surface area (Å²) in [5.74, 6) is 0.786. The van der Waals surface area contributed by atoms with Gasteiger partial charge in [-0.1, -0.05) is 0 Å². The average Bonchev–Trinajstić information content (AvgIpc) is 3.04. The fraction of sp³-hybridized carbons (Fsp3) is 0.615. The number of amides is 1. The number of carbonyl (C=O) groups is 1. The maximum atomic E-state index is 11.9. The molecule has 1 aromatic heterocycles. The third kappa shape index (κ3) is 1.86. The Balaban J connectivity index is 1.57. The van der Waals surface area contributed by atoms with Crippen molar-refractivity contribution in [2.45, 2.75) is 31.7 Å². The first-order chi connectivity index (χ1) is 7.84. The van der Waals surface area contributed by atoms with Crippen LogP contribution in [-0.2, 0) is 4.79 Å². The molecule has 0 N–H and O–H groups in total. The highest BCUT2D eigenvalue weighted by molar-refractivity contribution is 5.81. The lowest BCUT2D eigenvalue weighted by molar-refractivity contribution is -0.133. The van der Waals surface area contributed by atoms with E-state index in [-0.39, 0.29) is 0 Å². The molecule has 0 spiro atoms. The first-order valence-corrected chi connectivity index (χ1v) is 6.26. The fourth-order valence-electron chi connectivity index (χ4n) is 2.56. The molecule has 0 bridgehead atoms. The molecule has 2 heterocycles. The van der Waals surface area contributed by atoms with Gasteiger partial charge < -0.3 is 9.47 Å². The average molecular weight is 218 g/mol. The highest BCUT2D eigenvalue weighted by atomic mass is 16.2. The number of piperidine rings is 1. The van der Waals surface area contributed by atoms with Crippen LogP contribution in [0.5, 0.6) is 0 Å². The standard InChI is InChI=1S/C13H18N2O/c16-13(11-3-4-11)15-9-5-12(6-10-15)14-7-1-2-8-14/h1-2,7-8,11-12H,3-6,9-10H2. The van der Waals surface area contributed by atoms with Crippen molar-refractivity contribution in [1.29, 1.82) is 0 Å². The lowest BCUT2D eigenvalue weighted by atomic mass is 10.0. The summed E-state index contributed by atoms with van der Waals surface area (Å²) in [6.07, 6.45) is 8.71. The van der Waals surface area contributed by atoms with Crippen LogP contribution in [-0.4, -0.2) is 28.5 Å². The van der Waals surface area contributed by atoms with Crippen molar-refractivity contribution in [3.63, 3.8) is 0 Å². The lowest BCUT2D eigenvalue weighted by Gasteiger charge is -2.32. The van der Waals surface area contributed by atoms with Gasteiger partial charge in [-0.05, 0) is 37.8 Å². The number of hydrogen-bond acceptors (Lipinski definition) is 1. The van der Waals surface area contributed by atoms with E-state index in [0.717, 1.165) is 38.8 Å². The molecule has 0 atom stereocenters. The molecule has 0 aromatic carbocycles. The second-order valence-corrected chi connectivity index (χ2v) is 4.96. The molecule has 86 valence electrons. The van der Waals surface area contributed by atoms with Crippen molar-refractivity contribution < 1.29 is 4.79 Å². The van der Waals surface area contributed by atoms with Gasteiger partial charge in [0.05, 0.1) is 0 Å². The minimum atomic E-state index is 0.378. The molecule has 0 radical (unpaired) electrons. The van der Waals surface area contributed by atoms with Crippen LogP contribution in [0.25, 0.3) is 0 Å². The van der Waals surface area contributed by atoms with Crippen LogP contribution >= 0.6 is 0 Å². The van der Waals surface area contributed by atoms with Gasteiger partial charge in [0.15, 0.2) is 0 Å². The van der Waals surface area contributed by atoms with Gasteiger partial charge in [-0.25, -0.2) is 0 Å².